The van der Waals surface area contributed by atoms with Gasteiger partial charge in [-0.3, -0.25) is 9.71 Å². The van der Waals surface area contributed by atoms with Crippen LogP contribution in [0.2, 0.25) is 0 Å². The number of ether oxygens (including phenoxy) is 2. The number of rotatable bonds is 7. The first-order chi connectivity index (χ1) is 12.2. The highest BCUT2D eigenvalue weighted by atomic mass is 32.2. The number of hydrogen-bond donors (Lipinski definition) is 2. The van der Waals surface area contributed by atoms with E-state index in [9.17, 15) is 0 Å². The van der Waals surface area contributed by atoms with E-state index in [0.717, 1.165) is 33.0 Å². The zero-order valence-corrected chi connectivity index (χ0v) is 14.9. The molecule has 1 atom stereocenters. The minimum absolute atomic E-state index is 0.0427. The van der Waals surface area contributed by atoms with E-state index in [1.807, 2.05) is 55.5 Å². The molecule has 2 aromatic carbocycles. The van der Waals surface area contributed by atoms with Crippen LogP contribution in [0.3, 0.4) is 0 Å². The molecule has 0 aliphatic heterocycles. The second kappa shape index (κ2) is 8.20. The third kappa shape index (κ3) is 4.42. The molecule has 2 N–H and O–H groups in total. The molecule has 3 aromatic rings. The van der Waals surface area contributed by atoms with Gasteiger partial charge in [0.1, 0.15) is 17.2 Å². The van der Waals surface area contributed by atoms with E-state index in [-0.39, 0.29) is 12.6 Å². The van der Waals surface area contributed by atoms with Crippen LogP contribution in [0.25, 0.3) is 10.9 Å². The van der Waals surface area contributed by atoms with Crippen LogP contribution < -0.4 is 14.2 Å². The van der Waals surface area contributed by atoms with Gasteiger partial charge >= 0.3 is 0 Å². The lowest BCUT2D eigenvalue weighted by Gasteiger charge is -2.11. The maximum absolute atomic E-state index is 9.03. The Morgan fingerprint density at radius 1 is 1.12 bits per heavy atom. The van der Waals surface area contributed by atoms with E-state index in [1.54, 1.807) is 13.3 Å². The zero-order chi connectivity index (χ0) is 17.6. The first kappa shape index (κ1) is 17.5. The molecule has 0 aliphatic carbocycles. The van der Waals surface area contributed by atoms with Gasteiger partial charge in [-0.15, -0.1) is 0 Å². The van der Waals surface area contributed by atoms with Gasteiger partial charge in [0, 0.05) is 28.6 Å². The number of aromatic nitrogens is 1. The summed E-state index contributed by atoms with van der Waals surface area (Å²) in [6.45, 7) is 2.03. The zero-order valence-electron chi connectivity index (χ0n) is 14.1. The summed E-state index contributed by atoms with van der Waals surface area (Å²) >= 11 is 1.49. The van der Waals surface area contributed by atoms with Gasteiger partial charge in [0.15, 0.2) is 0 Å². The summed E-state index contributed by atoms with van der Waals surface area (Å²) in [5.41, 5.74) is 0.825. The van der Waals surface area contributed by atoms with Gasteiger partial charge in [0.25, 0.3) is 0 Å². The number of pyridine rings is 1. The predicted molar refractivity (Wildman–Crippen MR) is 100 cm³/mol. The first-order valence-corrected chi connectivity index (χ1v) is 8.75. The second-order valence-corrected chi connectivity index (χ2v) is 6.48. The number of fused-ring (bicyclic) bond motifs is 1. The highest BCUT2D eigenvalue weighted by Crippen LogP contribution is 2.31. The van der Waals surface area contributed by atoms with E-state index >= 15 is 0 Å². The maximum atomic E-state index is 9.03. The molecule has 0 aliphatic rings. The Morgan fingerprint density at radius 3 is 2.60 bits per heavy atom. The number of nitrogens with zero attached hydrogens (tertiary/aromatic N) is 1. The van der Waals surface area contributed by atoms with Crippen molar-refractivity contribution in [1.29, 1.82) is 0 Å². The fourth-order valence-corrected chi connectivity index (χ4v) is 2.91. The Labute approximate surface area is 151 Å². The molecule has 3 rings (SSSR count). The van der Waals surface area contributed by atoms with Crippen LogP contribution in [-0.2, 0) is 0 Å². The quantitative estimate of drug-likeness (QED) is 0.624. The molecular formula is C19H20N2O3S. The molecule has 0 saturated heterocycles. The Kier molecular flexibility index (Phi) is 5.75. The third-order valence-electron chi connectivity index (χ3n) is 3.61. The molecule has 0 amide bonds. The van der Waals surface area contributed by atoms with E-state index in [2.05, 4.69) is 9.71 Å². The minimum atomic E-state index is 0.0427. The largest absolute Gasteiger partial charge is 0.497 e. The van der Waals surface area contributed by atoms with Crippen molar-refractivity contribution in [3.05, 3.63) is 54.7 Å². The van der Waals surface area contributed by atoms with E-state index in [1.165, 1.54) is 11.9 Å². The fraction of sp³-hybridized carbons (Fsp3) is 0.211. The molecule has 130 valence electrons. The topological polar surface area (TPSA) is 63.6 Å². The van der Waals surface area contributed by atoms with Gasteiger partial charge in [-0.1, -0.05) is 0 Å². The van der Waals surface area contributed by atoms with E-state index in [0.29, 0.717) is 0 Å². The molecule has 1 unspecified atom stereocenters. The maximum Gasteiger partial charge on any atom is 0.138 e. The monoisotopic (exact) mass is 356 g/mol. The van der Waals surface area contributed by atoms with Gasteiger partial charge in [0.2, 0.25) is 0 Å². The van der Waals surface area contributed by atoms with Crippen molar-refractivity contribution in [2.45, 2.75) is 17.9 Å². The van der Waals surface area contributed by atoms with E-state index in [4.69, 9.17) is 14.6 Å². The standard InChI is InChI=1S/C19H20N2O3S/c1-13(12-22)21-25-16-6-3-14(4-7-16)24-19-9-10-20-18-11-15(23-2)5-8-17(18)19/h3-11,13,21-22H,12H2,1-2H3. The van der Waals surface area contributed by atoms with Gasteiger partial charge in [-0.05, 0) is 61.3 Å². The highest BCUT2D eigenvalue weighted by Gasteiger charge is 2.06. The Balaban J connectivity index is 1.75. The van der Waals surface area contributed by atoms with Crippen LogP contribution in [0.15, 0.2) is 59.6 Å². The average Bonchev–Trinajstić information content (AvgIpc) is 2.67. The van der Waals surface area contributed by atoms with E-state index < -0.39 is 0 Å². The number of hydrogen-bond acceptors (Lipinski definition) is 6. The predicted octanol–water partition coefficient (Wildman–Crippen LogP) is 4.01. The van der Waals surface area contributed by atoms with Crippen LogP contribution in [0.1, 0.15) is 6.92 Å². The average molecular weight is 356 g/mol. The molecule has 5 nitrogen and oxygen atoms in total. The van der Waals surface area contributed by atoms with Crippen molar-refractivity contribution in [1.82, 2.24) is 9.71 Å². The van der Waals surface area contributed by atoms with Crippen LogP contribution in [0, 0.1) is 0 Å². The third-order valence-corrected chi connectivity index (χ3v) is 4.64. The lowest BCUT2D eigenvalue weighted by molar-refractivity contribution is 0.267. The van der Waals surface area contributed by atoms with Crippen molar-refractivity contribution >= 4 is 22.9 Å². The van der Waals surface area contributed by atoms with Crippen molar-refractivity contribution in [3.8, 4) is 17.2 Å². The smallest absolute Gasteiger partial charge is 0.138 e. The number of aliphatic hydroxyl groups is 1. The van der Waals surface area contributed by atoms with Crippen molar-refractivity contribution in [3.63, 3.8) is 0 Å². The van der Waals surface area contributed by atoms with Gasteiger partial charge in [-0.25, -0.2) is 0 Å². The molecule has 0 bridgehead atoms. The Hall–Kier alpha value is -2.28. The molecular weight excluding hydrogens is 336 g/mol. The van der Waals surface area contributed by atoms with Crippen LogP contribution in [0.5, 0.6) is 17.2 Å². The number of aliphatic hydroxyl groups excluding tert-OH is 1. The van der Waals surface area contributed by atoms with Gasteiger partial charge in [-0.2, -0.15) is 0 Å². The Bertz CT molecular complexity index is 840. The summed E-state index contributed by atoms with van der Waals surface area (Å²) in [4.78, 5) is 5.42. The SMILES string of the molecule is COc1ccc2c(Oc3ccc(SNC(C)CO)cc3)ccnc2c1. The summed E-state index contributed by atoms with van der Waals surface area (Å²) in [5.74, 6) is 2.27. The normalized spacial score (nSPS) is 12.1. The molecule has 25 heavy (non-hydrogen) atoms. The molecule has 0 fully saturated rings. The van der Waals surface area contributed by atoms with Crippen LogP contribution in [0.4, 0.5) is 0 Å². The van der Waals surface area contributed by atoms with Gasteiger partial charge < -0.3 is 14.6 Å². The van der Waals surface area contributed by atoms with Crippen molar-refractivity contribution in [2.24, 2.45) is 0 Å². The Morgan fingerprint density at radius 2 is 1.88 bits per heavy atom. The first-order valence-electron chi connectivity index (χ1n) is 7.93. The lowest BCUT2D eigenvalue weighted by Crippen LogP contribution is -2.22. The molecule has 0 radical (unpaired) electrons. The van der Waals surface area contributed by atoms with Crippen LogP contribution in [-0.4, -0.2) is 29.8 Å². The van der Waals surface area contributed by atoms with Crippen LogP contribution >= 0.6 is 11.9 Å². The molecule has 0 spiro atoms. The van der Waals surface area contributed by atoms with Gasteiger partial charge in [0.05, 0.1) is 19.2 Å². The number of nitrogens with one attached hydrogen (secondary N) is 1. The van der Waals surface area contributed by atoms with Crippen molar-refractivity contribution < 1.29 is 14.6 Å². The summed E-state index contributed by atoms with van der Waals surface area (Å²) in [6.07, 6.45) is 1.72. The molecule has 1 heterocycles. The summed E-state index contributed by atoms with van der Waals surface area (Å²) < 4.78 is 14.4. The number of benzene rings is 2. The molecule has 0 saturated carbocycles. The summed E-state index contributed by atoms with van der Waals surface area (Å²) in [6, 6.07) is 15.4. The van der Waals surface area contributed by atoms with Crippen molar-refractivity contribution in [2.75, 3.05) is 13.7 Å². The molecule has 1 aromatic heterocycles. The molecule has 6 heteroatoms. The number of methoxy groups -OCH3 is 1. The second-order valence-electron chi connectivity index (χ2n) is 5.57. The highest BCUT2D eigenvalue weighted by molar-refractivity contribution is 7.97. The fourth-order valence-electron chi connectivity index (χ4n) is 2.23. The lowest BCUT2D eigenvalue weighted by atomic mass is 10.2. The summed E-state index contributed by atoms with van der Waals surface area (Å²) in [7, 11) is 1.64. The minimum Gasteiger partial charge on any atom is -0.497 e. The summed E-state index contributed by atoms with van der Waals surface area (Å²) in [5, 5.41) is 9.96.